The summed E-state index contributed by atoms with van der Waals surface area (Å²) in [4.78, 5) is 2.37. The van der Waals surface area contributed by atoms with E-state index in [1.807, 2.05) is 6.07 Å². The molecule has 258 valence electrons. The summed E-state index contributed by atoms with van der Waals surface area (Å²) in [6, 6.07) is 61.5. The van der Waals surface area contributed by atoms with Gasteiger partial charge in [0, 0.05) is 27.9 Å². The van der Waals surface area contributed by atoms with Crippen LogP contribution in [0.3, 0.4) is 0 Å². The summed E-state index contributed by atoms with van der Waals surface area (Å²) < 4.78 is 13.4. The highest BCUT2D eigenvalue weighted by Gasteiger charge is 2.44. The van der Waals surface area contributed by atoms with Gasteiger partial charge >= 0.3 is 0 Å². The van der Waals surface area contributed by atoms with Crippen molar-refractivity contribution < 1.29 is 9.47 Å². The Kier molecular flexibility index (Phi) is 6.20. The van der Waals surface area contributed by atoms with Crippen molar-refractivity contribution in [2.24, 2.45) is 0 Å². The number of para-hydroxylation sites is 1. The molecule has 3 aliphatic rings. The van der Waals surface area contributed by atoms with E-state index in [4.69, 9.17) is 9.47 Å². The molecule has 0 fully saturated rings. The molecule has 0 bridgehead atoms. The number of rotatable bonds is 3. The number of fused-ring (bicyclic) bond motifs is 12. The Morgan fingerprint density at radius 2 is 1.09 bits per heavy atom. The molecule has 0 radical (unpaired) electrons. The molecule has 0 saturated carbocycles. The number of benzene rings is 9. The highest BCUT2D eigenvalue weighted by atomic mass is 16.5. The minimum absolute atomic E-state index is 0.00649. The van der Waals surface area contributed by atoms with E-state index in [1.165, 1.54) is 65.5 Å². The lowest BCUT2D eigenvalue weighted by Gasteiger charge is -2.34. The molecule has 2 aliphatic heterocycles. The fraction of sp³-hybridized carbons (Fsp3) is 0.0588. The van der Waals surface area contributed by atoms with Gasteiger partial charge in [0.05, 0.1) is 0 Å². The third kappa shape index (κ3) is 4.34. The second-order valence-electron chi connectivity index (χ2n) is 15.7. The molecule has 9 aromatic carbocycles. The molecule has 1 aliphatic carbocycles. The summed E-state index contributed by atoms with van der Waals surface area (Å²) in [6.45, 7) is 4.77. The Labute approximate surface area is 320 Å². The first kappa shape index (κ1) is 30.7. The van der Waals surface area contributed by atoms with Crippen LogP contribution in [0.1, 0.15) is 25.0 Å². The minimum Gasteiger partial charge on any atom is -0.458 e. The Hall–Kier alpha value is -6.78. The summed E-state index contributed by atoms with van der Waals surface area (Å²) in [5.41, 5.74) is 11.9. The predicted molar refractivity (Wildman–Crippen MR) is 229 cm³/mol. The third-order valence-electron chi connectivity index (χ3n) is 12.3. The lowest BCUT2D eigenvalue weighted by molar-refractivity contribution is 0.465. The van der Waals surface area contributed by atoms with Crippen LogP contribution in [0.2, 0.25) is 0 Å². The standard InChI is InChI=1S/C51H34BNO2/c1-51(2)42-30-43-47(55-45-18-10-17-44-50(45)52(43)49-39-16-9-8-12-32(39)21-26-46(49)54-44)29-41(42)40-24-20-34-28-37(23-25-38(34)48(40)51)53(35-14-4-3-5-15-35)36-22-19-31-11-6-7-13-33(31)27-36/h3-30H,1-2H3. The highest BCUT2D eigenvalue weighted by Crippen LogP contribution is 2.53. The highest BCUT2D eigenvalue weighted by molar-refractivity contribution is 6.99. The molecule has 0 amide bonds. The van der Waals surface area contributed by atoms with Gasteiger partial charge in [0.1, 0.15) is 23.0 Å². The molecule has 12 rings (SSSR count). The average molecular weight is 704 g/mol. The maximum absolute atomic E-state index is 6.81. The topological polar surface area (TPSA) is 21.7 Å². The van der Waals surface area contributed by atoms with Gasteiger partial charge in [0.15, 0.2) is 0 Å². The first-order chi connectivity index (χ1) is 27.0. The van der Waals surface area contributed by atoms with Crippen LogP contribution >= 0.6 is 0 Å². The largest absolute Gasteiger partial charge is 0.458 e. The molecule has 0 saturated heterocycles. The van der Waals surface area contributed by atoms with E-state index >= 15 is 0 Å². The van der Waals surface area contributed by atoms with Crippen molar-refractivity contribution in [3.05, 3.63) is 181 Å². The second kappa shape index (κ2) is 11.1. The van der Waals surface area contributed by atoms with Gasteiger partial charge in [-0.1, -0.05) is 123 Å². The zero-order valence-corrected chi connectivity index (χ0v) is 30.5. The molecule has 0 atom stereocenters. The van der Waals surface area contributed by atoms with E-state index in [9.17, 15) is 0 Å². The lowest BCUT2D eigenvalue weighted by Crippen LogP contribution is -2.57. The van der Waals surface area contributed by atoms with E-state index in [0.29, 0.717) is 0 Å². The monoisotopic (exact) mass is 703 g/mol. The molecule has 55 heavy (non-hydrogen) atoms. The molecule has 0 unspecified atom stereocenters. The number of anilines is 3. The molecular formula is C51H34BNO2. The fourth-order valence-corrected chi connectivity index (χ4v) is 9.82. The normalized spacial score (nSPS) is 14.0. The van der Waals surface area contributed by atoms with E-state index in [1.54, 1.807) is 0 Å². The molecule has 9 aromatic rings. The van der Waals surface area contributed by atoms with Gasteiger partial charge in [-0.2, -0.15) is 0 Å². The van der Waals surface area contributed by atoms with Gasteiger partial charge in [0.2, 0.25) is 0 Å². The maximum atomic E-state index is 6.81. The van der Waals surface area contributed by atoms with Gasteiger partial charge in [-0.15, -0.1) is 0 Å². The molecule has 2 heterocycles. The van der Waals surface area contributed by atoms with Crippen LogP contribution in [-0.4, -0.2) is 6.71 Å². The Morgan fingerprint density at radius 3 is 1.93 bits per heavy atom. The number of nitrogens with zero attached hydrogens (tertiary/aromatic N) is 1. The SMILES string of the molecule is CC1(C)c2cc3c(cc2-c2ccc4cc(N(c5ccccc5)c5ccc6ccccc6c5)ccc4c21)Oc1cccc2c1B3c1c(ccc3ccccc13)O2. The lowest BCUT2D eigenvalue weighted by atomic mass is 9.34. The molecular weight excluding hydrogens is 669 g/mol. The van der Waals surface area contributed by atoms with Crippen molar-refractivity contribution in [1.29, 1.82) is 0 Å². The van der Waals surface area contributed by atoms with E-state index in [2.05, 4.69) is 183 Å². The Balaban J connectivity index is 1.02. The summed E-state index contributed by atoms with van der Waals surface area (Å²) >= 11 is 0. The molecule has 3 nitrogen and oxygen atoms in total. The van der Waals surface area contributed by atoms with Crippen LogP contribution in [0.4, 0.5) is 17.1 Å². The van der Waals surface area contributed by atoms with E-state index < -0.39 is 0 Å². The summed E-state index contributed by atoms with van der Waals surface area (Å²) in [5.74, 6) is 3.57. The quantitative estimate of drug-likeness (QED) is 0.171. The van der Waals surface area contributed by atoms with Crippen LogP contribution < -0.4 is 30.8 Å². The average Bonchev–Trinajstić information content (AvgIpc) is 3.45. The molecule has 0 aromatic heterocycles. The second-order valence-corrected chi connectivity index (χ2v) is 15.7. The van der Waals surface area contributed by atoms with Crippen molar-refractivity contribution in [2.75, 3.05) is 4.90 Å². The zero-order valence-electron chi connectivity index (χ0n) is 30.5. The van der Waals surface area contributed by atoms with Gasteiger partial charge in [-0.25, -0.2) is 0 Å². The predicted octanol–water partition coefficient (Wildman–Crippen LogP) is 11.6. The van der Waals surface area contributed by atoms with Crippen molar-refractivity contribution in [2.45, 2.75) is 19.3 Å². The number of ether oxygens (including phenoxy) is 2. The minimum atomic E-state index is -0.245. The number of hydrogen-bond donors (Lipinski definition) is 0. The number of hydrogen-bond acceptors (Lipinski definition) is 3. The van der Waals surface area contributed by atoms with Crippen molar-refractivity contribution in [3.63, 3.8) is 0 Å². The first-order valence-electron chi connectivity index (χ1n) is 19.1. The zero-order chi connectivity index (χ0) is 36.4. The van der Waals surface area contributed by atoms with Gasteiger partial charge in [0.25, 0.3) is 6.71 Å². The Morgan fingerprint density at radius 1 is 0.436 bits per heavy atom. The van der Waals surface area contributed by atoms with E-state index in [0.717, 1.165) is 45.5 Å². The smallest absolute Gasteiger partial charge is 0.261 e. The first-order valence-corrected chi connectivity index (χ1v) is 19.1. The summed E-state index contributed by atoms with van der Waals surface area (Å²) in [5, 5.41) is 7.40. The molecule has 0 N–H and O–H groups in total. The van der Waals surface area contributed by atoms with Crippen molar-refractivity contribution >= 4 is 72.5 Å². The van der Waals surface area contributed by atoms with Crippen molar-refractivity contribution in [1.82, 2.24) is 0 Å². The fourth-order valence-electron chi connectivity index (χ4n) is 9.82. The van der Waals surface area contributed by atoms with Gasteiger partial charge < -0.3 is 14.4 Å². The Bertz CT molecular complexity index is 3100. The van der Waals surface area contributed by atoms with Crippen LogP contribution in [0.25, 0.3) is 43.4 Å². The summed E-state index contributed by atoms with van der Waals surface area (Å²) in [7, 11) is 0. The summed E-state index contributed by atoms with van der Waals surface area (Å²) in [6.07, 6.45) is 0. The van der Waals surface area contributed by atoms with Crippen LogP contribution in [0.5, 0.6) is 23.0 Å². The van der Waals surface area contributed by atoms with Crippen LogP contribution in [0, 0.1) is 0 Å². The van der Waals surface area contributed by atoms with Gasteiger partial charge in [-0.05, 0) is 126 Å². The molecule has 4 heteroatoms. The third-order valence-corrected chi connectivity index (χ3v) is 12.3. The molecule has 0 spiro atoms. The van der Waals surface area contributed by atoms with E-state index in [-0.39, 0.29) is 12.1 Å². The maximum Gasteiger partial charge on any atom is 0.261 e. The van der Waals surface area contributed by atoms with Gasteiger partial charge in [-0.3, -0.25) is 0 Å². The van der Waals surface area contributed by atoms with Crippen molar-refractivity contribution in [3.8, 4) is 34.1 Å². The van der Waals surface area contributed by atoms with Crippen LogP contribution in [-0.2, 0) is 5.41 Å². The van der Waals surface area contributed by atoms with Crippen LogP contribution in [0.15, 0.2) is 170 Å².